The summed E-state index contributed by atoms with van der Waals surface area (Å²) in [6, 6.07) is 0. The first kappa shape index (κ1) is 57.1. The van der Waals surface area contributed by atoms with Gasteiger partial charge in [-0.15, -0.1) is 0 Å². The van der Waals surface area contributed by atoms with Crippen LogP contribution in [0.2, 0.25) is 0 Å². The van der Waals surface area contributed by atoms with E-state index in [0.29, 0.717) is 19.3 Å². The molecule has 0 saturated heterocycles. The van der Waals surface area contributed by atoms with Gasteiger partial charge in [0.25, 0.3) is 0 Å². The van der Waals surface area contributed by atoms with Gasteiger partial charge in [0.1, 0.15) is 13.2 Å². The lowest BCUT2D eigenvalue weighted by Gasteiger charge is -2.18. The van der Waals surface area contributed by atoms with Crippen LogP contribution in [0.1, 0.15) is 245 Å². The average Bonchev–Trinajstić information content (AvgIpc) is 3.24. The van der Waals surface area contributed by atoms with Crippen LogP contribution in [0.3, 0.4) is 0 Å². The summed E-state index contributed by atoms with van der Waals surface area (Å²) in [7, 11) is 0. The summed E-state index contributed by atoms with van der Waals surface area (Å²) in [6.45, 7) is 6.44. The van der Waals surface area contributed by atoms with Gasteiger partial charge in [0.15, 0.2) is 6.10 Å². The normalized spacial score (nSPS) is 12.5. The van der Waals surface area contributed by atoms with E-state index in [-0.39, 0.29) is 37.5 Å². The van der Waals surface area contributed by atoms with Crippen LogP contribution in [0.15, 0.2) is 60.8 Å². The SMILES string of the molecule is CC/C=C/C=C/C=C/C=C/C=C/CCCC(=O)OCC(COC(=O)CCCCCCCCCCCCCCCCC)OC(=O)CCCCCCCCCCCCCCCC. The molecule has 0 rings (SSSR count). The third kappa shape index (κ3) is 46.2. The topological polar surface area (TPSA) is 78.9 Å². The van der Waals surface area contributed by atoms with Crippen LogP contribution in [0, 0.1) is 0 Å². The van der Waals surface area contributed by atoms with Gasteiger partial charge >= 0.3 is 17.9 Å². The largest absolute Gasteiger partial charge is 0.462 e. The fourth-order valence-corrected chi connectivity index (χ4v) is 7.12. The molecule has 0 bridgehead atoms. The summed E-state index contributed by atoms with van der Waals surface area (Å²) in [5.74, 6) is -0.963. The smallest absolute Gasteiger partial charge is 0.306 e. The van der Waals surface area contributed by atoms with Crippen LogP contribution in [0.4, 0.5) is 0 Å². The van der Waals surface area contributed by atoms with Gasteiger partial charge < -0.3 is 14.2 Å². The molecule has 0 aromatic carbocycles. The van der Waals surface area contributed by atoms with E-state index in [2.05, 4.69) is 26.8 Å². The van der Waals surface area contributed by atoms with Gasteiger partial charge in [-0.3, -0.25) is 14.4 Å². The summed E-state index contributed by atoms with van der Waals surface area (Å²) in [5, 5.41) is 0. The molecular weight excluding hydrogens is 745 g/mol. The molecule has 6 heteroatoms. The predicted molar refractivity (Wildman–Crippen MR) is 256 cm³/mol. The molecule has 346 valence electrons. The standard InChI is InChI=1S/C54H94O6/c1-4-7-10-13-16-19-22-25-27-30-32-35-38-41-44-47-53(56)59-50-51(49-58-52(55)46-43-40-37-34-31-28-24-21-18-15-12-9-6-3)60-54(57)48-45-42-39-36-33-29-26-23-20-17-14-11-8-5-2/h9,12,15,18,21,24,28,31,34,37,51H,4-8,10-11,13-14,16-17,19-20,22-23,25-27,29-30,32-33,35-36,38-50H2,1-3H3/b12-9+,18-15+,24-21+,31-28+,37-34+. The maximum atomic E-state index is 12.8. The zero-order valence-electron chi connectivity index (χ0n) is 39.5. The molecule has 0 aromatic rings. The Morgan fingerprint density at radius 3 is 1.02 bits per heavy atom. The second kappa shape index (κ2) is 48.8. The number of unbranched alkanes of at least 4 members (excludes halogenated alkanes) is 28. The zero-order chi connectivity index (χ0) is 43.7. The Kier molecular flexibility index (Phi) is 46.4. The van der Waals surface area contributed by atoms with E-state index in [9.17, 15) is 14.4 Å². The summed E-state index contributed by atoms with van der Waals surface area (Å²) >= 11 is 0. The number of ether oxygens (including phenoxy) is 3. The van der Waals surface area contributed by atoms with Crippen LogP contribution in [-0.2, 0) is 28.6 Å². The summed E-state index contributed by atoms with van der Waals surface area (Å²) in [4.78, 5) is 37.9. The molecule has 0 radical (unpaired) electrons. The fraction of sp³-hybridized carbons (Fsp3) is 0.759. The second-order valence-electron chi connectivity index (χ2n) is 16.8. The number of carbonyl (C=O) groups excluding carboxylic acids is 3. The average molecular weight is 839 g/mol. The van der Waals surface area contributed by atoms with Gasteiger partial charge in [0, 0.05) is 19.3 Å². The third-order valence-electron chi connectivity index (χ3n) is 10.9. The lowest BCUT2D eigenvalue weighted by molar-refractivity contribution is -0.167. The van der Waals surface area contributed by atoms with E-state index in [1.165, 1.54) is 148 Å². The molecule has 0 N–H and O–H groups in total. The molecule has 0 spiro atoms. The molecule has 1 unspecified atom stereocenters. The lowest BCUT2D eigenvalue weighted by Crippen LogP contribution is -2.30. The Morgan fingerprint density at radius 1 is 0.350 bits per heavy atom. The van der Waals surface area contributed by atoms with Gasteiger partial charge in [-0.1, -0.05) is 255 Å². The van der Waals surface area contributed by atoms with Crippen molar-refractivity contribution in [3.8, 4) is 0 Å². The van der Waals surface area contributed by atoms with E-state index in [1.54, 1.807) is 0 Å². The molecule has 0 aliphatic heterocycles. The summed E-state index contributed by atoms with van der Waals surface area (Å²) in [5.41, 5.74) is 0. The first-order valence-electron chi connectivity index (χ1n) is 25.4. The molecule has 0 aromatic heterocycles. The molecule has 0 fully saturated rings. The first-order valence-corrected chi connectivity index (χ1v) is 25.4. The highest BCUT2D eigenvalue weighted by molar-refractivity contribution is 5.71. The van der Waals surface area contributed by atoms with Crippen molar-refractivity contribution in [3.63, 3.8) is 0 Å². The van der Waals surface area contributed by atoms with Crippen LogP contribution in [-0.4, -0.2) is 37.2 Å². The number of rotatable bonds is 45. The fourth-order valence-electron chi connectivity index (χ4n) is 7.12. The highest BCUT2D eigenvalue weighted by atomic mass is 16.6. The summed E-state index contributed by atoms with van der Waals surface area (Å²) in [6.07, 6.45) is 59.2. The van der Waals surface area contributed by atoms with Crippen molar-refractivity contribution < 1.29 is 28.6 Å². The quantitative estimate of drug-likeness (QED) is 0.0263. The number of esters is 3. The Morgan fingerprint density at radius 2 is 0.650 bits per heavy atom. The Bertz CT molecular complexity index is 1100. The molecule has 6 nitrogen and oxygen atoms in total. The van der Waals surface area contributed by atoms with E-state index in [1.807, 2.05) is 54.7 Å². The number of carbonyl (C=O) groups is 3. The Hall–Kier alpha value is -2.89. The third-order valence-corrected chi connectivity index (χ3v) is 10.9. The second-order valence-corrected chi connectivity index (χ2v) is 16.8. The molecule has 0 aliphatic rings. The monoisotopic (exact) mass is 839 g/mol. The van der Waals surface area contributed by atoms with Crippen molar-refractivity contribution in [1.82, 2.24) is 0 Å². The predicted octanol–water partition coefficient (Wildman–Crippen LogP) is 16.5. The van der Waals surface area contributed by atoms with Crippen molar-refractivity contribution >= 4 is 17.9 Å². The van der Waals surface area contributed by atoms with E-state index in [0.717, 1.165) is 51.4 Å². The van der Waals surface area contributed by atoms with E-state index >= 15 is 0 Å². The minimum absolute atomic E-state index is 0.0932. The van der Waals surface area contributed by atoms with Gasteiger partial charge in [0.05, 0.1) is 0 Å². The lowest BCUT2D eigenvalue weighted by atomic mass is 10.0. The van der Waals surface area contributed by atoms with Crippen LogP contribution < -0.4 is 0 Å². The van der Waals surface area contributed by atoms with Crippen molar-refractivity contribution in [2.24, 2.45) is 0 Å². The molecular formula is C54H94O6. The highest BCUT2D eigenvalue weighted by Gasteiger charge is 2.19. The van der Waals surface area contributed by atoms with Crippen LogP contribution in [0.25, 0.3) is 0 Å². The molecule has 0 amide bonds. The van der Waals surface area contributed by atoms with Crippen molar-refractivity contribution in [3.05, 3.63) is 60.8 Å². The van der Waals surface area contributed by atoms with E-state index in [4.69, 9.17) is 14.2 Å². The van der Waals surface area contributed by atoms with Crippen molar-refractivity contribution in [2.45, 2.75) is 252 Å². The molecule has 0 saturated carbocycles. The molecule has 0 aliphatic carbocycles. The maximum Gasteiger partial charge on any atom is 0.306 e. The minimum atomic E-state index is -0.797. The van der Waals surface area contributed by atoms with E-state index < -0.39 is 6.10 Å². The maximum absolute atomic E-state index is 12.8. The zero-order valence-corrected chi connectivity index (χ0v) is 39.5. The Balaban J connectivity index is 4.44. The molecule has 60 heavy (non-hydrogen) atoms. The molecule has 0 heterocycles. The minimum Gasteiger partial charge on any atom is -0.462 e. The van der Waals surface area contributed by atoms with Gasteiger partial charge in [-0.2, -0.15) is 0 Å². The van der Waals surface area contributed by atoms with Crippen LogP contribution in [0.5, 0.6) is 0 Å². The Labute approximate surface area is 370 Å². The van der Waals surface area contributed by atoms with Crippen molar-refractivity contribution in [1.29, 1.82) is 0 Å². The first-order chi connectivity index (χ1) is 29.5. The van der Waals surface area contributed by atoms with Gasteiger partial charge in [-0.25, -0.2) is 0 Å². The number of hydrogen-bond acceptors (Lipinski definition) is 6. The van der Waals surface area contributed by atoms with Gasteiger partial charge in [-0.05, 0) is 32.1 Å². The van der Waals surface area contributed by atoms with Gasteiger partial charge in [0.2, 0.25) is 0 Å². The summed E-state index contributed by atoms with van der Waals surface area (Å²) < 4.78 is 16.7. The van der Waals surface area contributed by atoms with Crippen molar-refractivity contribution in [2.75, 3.05) is 13.2 Å². The highest BCUT2D eigenvalue weighted by Crippen LogP contribution is 2.16. The number of allylic oxidation sites excluding steroid dienone is 10. The van der Waals surface area contributed by atoms with Crippen LogP contribution >= 0.6 is 0 Å². The number of hydrogen-bond donors (Lipinski definition) is 0. The molecule has 1 atom stereocenters.